The molecule has 0 saturated heterocycles. The Kier molecular flexibility index (Phi) is 3.58. The second-order valence-corrected chi connectivity index (χ2v) is 7.17. The number of halogens is 3. The SMILES string of the molecule is O=C1OC2(CCCCC2)c2ccc(OS(=O)(=O)C(F)(F)F)cc21. The minimum Gasteiger partial charge on any atom is -0.451 e. The number of carbonyl (C=O) groups excluding carboxylic acids is 1. The van der Waals surface area contributed by atoms with Crippen molar-refractivity contribution in [3.8, 4) is 5.75 Å². The fourth-order valence-corrected chi connectivity index (χ4v) is 3.55. The molecule has 1 fully saturated rings. The number of rotatable bonds is 2. The molecule has 0 N–H and O–H groups in total. The molecular weight excluding hydrogens is 337 g/mol. The van der Waals surface area contributed by atoms with Crippen molar-refractivity contribution in [1.29, 1.82) is 0 Å². The first-order valence-electron chi connectivity index (χ1n) is 7.03. The topological polar surface area (TPSA) is 69.7 Å². The van der Waals surface area contributed by atoms with E-state index < -0.39 is 32.9 Å². The molecule has 23 heavy (non-hydrogen) atoms. The van der Waals surface area contributed by atoms with Crippen molar-refractivity contribution in [3.63, 3.8) is 0 Å². The number of benzene rings is 1. The lowest BCUT2D eigenvalue weighted by atomic mass is 9.79. The molecule has 1 aliphatic heterocycles. The highest BCUT2D eigenvalue weighted by atomic mass is 32.2. The van der Waals surface area contributed by atoms with E-state index in [-0.39, 0.29) is 5.56 Å². The van der Waals surface area contributed by atoms with Gasteiger partial charge in [0.15, 0.2) is 0 Å². The van der Waals surface area contributed by atoms with Crippen LogP contribution < -0.4 is 4.18 Å². The number of hydrogen-bond donors (Lipinski definition) is 0. The Morgan fingerprint density at radius 2 is 1.78 bits per heavy atom. The second-order valence-electron chi connectivity index (χ2n) is 5.64. The van der Waals surface area contributed by atoms with Crippen molar-refractivity contribution in [3.05, 3.63) is 29.3 Å². The summed E-state index contributed by atoms with van der Waals surface area (Å²) in [5.74, 6) is -1.23. The Hall–Kier alpha value is -1.77. The Morgan fingerprint density at radius 3 is 2.39 bits per heavy atom. The summed E-state index contributed by atoms with van der Waals surface area (Å²) in [5, 5.41) is 0. The van der Waals surface area contributed by atoms with Crippen LogP contribution in [0.5, 0.6) is 5.75 Å². The van der Waals surface area contributed by atoms with Gasteiger partial charge in [0.25, 0.3) is 0 Å². The highest BCUT2D eigenvalue weighted by Crippen LogP contribution is 2.47. The normalized spacial score (nSPS) is 20.2. The third-order valence-electron chi connectivity index (χ3n) is 4.14. The third kappa shape index (κ3) is 2.66. The molecule has 126 valence electrons. The molecule has 0 aromatic heterocycles. The number of hydrogen-bond acceptors (Lipinski definition) is 5. The molecule has 5 nitrogen and oxygen atoms in total. The van der Waals surface area contributed by atoms with Gasteiger partial charge in [-0.05, 0) is 37.8 Å². The standard InChI is InChI=1S/C14H13F3O5S/c15-14(16,17)23(19,20)22-9-4-5-11-10(8-9)12(18)21-13(11)6-2-1-3-7-13/h4-5,8H,1-3,6-7H2. The summed E-state index contributed by atoms with van der Waals surface area (Å²) in [6, 6.07) is 3.51. The van der Waals surface area contributed by atoms with E-state index in [1.165, 1.54) is 6.07 Å². The van der Waals surface area contributed by atoms with E-state index in [1.807, 2.05) is 0 Å². The van der Waals surface area contributed by atoms with Gasteiger partial charge in [-0.1, -0.05) is 12.5 Å². The molecule has 2 aliphatic rings. The predicted molar refractivity (Wildman–Crippen MR) is 72.2 cm³/mol. The van der Waals surface area contributed by atoms with E-state index in [0.29, 0.717) is 18.4 Å². The first-order chi connectivity index (χ1) is 10.6. The number of esters is 1. The highest BCUT2D eigenvalue weighted by molar-refractivity contribution is 7.88. The van der Waals surface area contributed by atoms with Crippen LogP contribution in [0.1, 0.15) is 48.0 Å². The molecule has 3 rings (SSSR count). The fraction of sp³-hybridized carbons (Fsp3) is 0.500. The van der Waals surface area contributed by atoms with Gasteiger partial charge in [-0.15, -0.1) is 0 Å². The van der Waals surface area contributed by atoms with E-state index in [1.54, 1.807) is 0 Å². The van der Waals surface area contributed by atoms with Crippen LogP contribution >= 0.6 is 0 Å². The maximum atomic E-state index is 12.4. The van der Waals surface area contributed by atoms with Crippen LogP contribution in [0.4, 0.5) is 13.2 Å². The zero-order valence-corrected chi connectivity index (χ0v) is 12.7. The lowest BCUT2D eigenvalue weighted by molar-refractivity contribution is -0.0500. The van der Waals surface area contributed by atoms with Crippen molar-refractivity contribution >= 4 is 16.1 Å². The molecule has 0 radical (unpaired) electrons. The Labute approximate surface area is 130 Å². The van der Waals surface area contributed by atoms with E-state index in [2.05, 4.69) is 4.18 Å². The number of alkyl halides is 3. The summed E-state index contributed by atoms with van der Waals surface area (Å²) in [5.41, 5.74) is -5.64. The molecular formula is C14H13F3O5S. The van der Waals surface area contributed by atoms with Crippen LogP contribution in [-0.4, -0.2) is 19.9 Å². The molecule has 1 aromatic rings. The highest BCUT2D eigenvalue weighted by Gasteiger charge is 2.49. The predicted octanol–water partition coefficient (Wildman–Crippen LogP) is 3.24. The zero-order valence-electron chi connectivity index (χ0n) is 11.9. The minimum atomic E-state index is -5.77. The largest absolute Gasteiger partial charge is 0.534 e. The molecule has 9 heteroatoms. The van der Waals surface area contributed by atoms with Gasteiger partial charge in [-0.2, -0.15) is 21.6 Å². The van der Waals surface area contributed by atoms with Gasteiger partial charge in [0.05, 0.1) is 5.56 Å². The maximum Gasteiger partial charge on any atom is 0.534 e. The van der Waals surface area contributed by atoms with Gasteiger partial charge in [0.2, 0.25) is 0 Å². The molecule has 0 atom stereocenters. The van der Waals surface area contributed by atoms with Gasteiger partial charge < -0.3 is 8.92 Å². The van der Waals surface area contributed by atoms with Gasteiger partial charge >= 0.3 is 21.6 Å². The lowest BCUT2D eigenvalue weighted by Crippen LogP contribution is -2.29. The summed E-state index contributed by atoms with van der Waals surface area (Å²) < 4.78 is 68.6. The summed E-state index contributed by atoms with van der Waals surface area (Å²) in [7, 11) is -5.77. The van der Waals surface area contributed by atoms with Crippen LogP contribution in [-0.2, 0) is 20.5 Å². The number of ether oxygens (including phenoxy) is 1. The fourth-order valence-electron chi connectivity index (χ4n) is 3.10. The van der Waals surface area contributed by atoms with Crippen molar-refractivity contribution < 1.29 is 35.3 Å². The summed E-state index contributed by atoms with van der Waals surface area (Å²) in [6.45, 7) is 0. The zero-order chi connectivity index (χ0) is 16.9. The summed E-state index contributed by atoms with van der Waals surface area (Å²) in [6.07, 6.45) is 4.08. The third-order valence-corrected chi connectivity index (χ3v) is 5.12. The van der Waals surface area contributed by atoms with Crippen LogP contribution in [0, 0.1) is 0 Å². The van der Waals surface area contributed by atoms with Crippen LogP contribution in [0.25, 0.3) is 0 Å². The number of carbonyl (C=O) groups is 1. The number of fused-ring (bicyclic) bond motifs is 2. The Balaban J connectivity index is 1.95. The molecule has 1 aromatic carbocycles. The van der Waals surface area contributed by atoms with Gasteiger partial charge in [-0.25, -0.2) is 4.79 Å². The average molecular weight is 350 g/mol. The van der Waals surface area contributed by atoms with Gasteiger partial charge in [-0.3, -0.25) is 0 Å². The molecule has 0 amide bonds. The van der Waals surface area contributed by atoms with Crippen molar-refractivity contribution in [2.45, 2.75) is 43.2 Å². The van der Waals surface area contributed by atoms with Crippen LogP contribution in [0.15, 0.2) is 18.2 Å². The molecule has 0 bridgehead atoms. The Bertz CT molecular complexity index is 748. The van der Waals surface area contributed by atoms with Crippen molar-refractivity contribution in [2.24, 2.45) is 0 Å². The Morgan fingerprint density at radius 1 is 1.13 bits per heavy atom. The average Bonchev–Trinajstić information content (AvgIpc) is 2.70. The summed E-state index contributed by atoms with van der Waals surface area (Å²) >= 11 is 0. The van der Waals surface area contributed by atoms with Crippen molar-refractivity contribution in [2.75, 3.05) is 0 Å². The van der Waals surface area contributed by atoms with E-state index in [4.69, 9.17) is 4.74 Å². The molecule has 1 heterocycles. The molecule has 1 aliphatic carbocycles. The maximum absolute atomic E-state index is 12.4. The monoisotopic (exact) mass is 350 g/mol. The quantitative estimate of drug-likeness (QED) is 0.465. The first-order valence-corrected chi connectivity index (χ1v) is 8.44. The molecule has 0 unspecified atom stereocenters. The van der Waals surface area contributed by atoms with Crippen LogP contribution in [0.3, 0.4) is 0 Å². The van der Waals surface area contributed by atoms with Gasteiger partial charge in [0.1, 0.15) is 11.4 Å². The second kappa shape index (κ2) is 5.12. The first kappa shape index (κ1) is 16.1. The lowest BCUT2D eigenvalue weighted by Gasteiger charge is -2.32. The van der Waals surface area contributed by atoms with Crippen molar-refractivity contribution in [1.82, 2.24) is 0 Å². The van der Waals surface area contributed by atoms with E-state index in [9.17, 15) is 26.4 Å². The summed E-state index contributed by atoms with van der Waals surface area (Å²) in [4.78, 5) is 12.0. The molecule has 1 spiro atoms. The smallest absolute Gasteiger partial charge is 0.451 e. The molecule has 1 saturated carbocycles. The van der Waals surface area contributed by atoms with Crippen LogP contribution in [0.2, 0.25) is 0 Å². The van der Waals surface area contributed by atoms with E-state index in [0.717, 1.165) is 31.4 Å². The minimum absolute atomic E-state index is 0.0572. The van der Waals surface area contributed by atoms with E-state index >= 15 is 0 Å². The van der Waals surface area contributed by atoms with Gasteiger partial charge in [0, 0.05) is 5.56 Å².